The molecule has 3 heteroatoms. The molecule has 0 aliphatic rings. The quantitative estimate of drug-likeness (QED) is 0.480. The van der Waals surface area contributed by atoms with Crippen molar-refractivity contribution in [3.8, 4) is 12.3 Å². The standard InChI is InChI=1S/C7H3BrClN/c1-2-5-3-4-6(8)10-7(5)9/h1,3-4H. The third-order valence-corrected chi connectivity index (χ3v) is 1.70. The normalized spacial score (nSPS) is 8.90. The molecule has 0 atom stereocenters. The summed E-state index contributed by atoms with van der Waals surface area (Å²) in [5, 5.41) is 0.358. The Bertz CT molecular complexity index is 290. The van der Waals surface area contributed by atoms with Crippen LogP contribution in [0.2, 0.25) is 5.15 Å². The van der Waals surface area contributed by atoms with Crippen LogP contribution in [0.5, 0.6) is 0 Å². The van der Waals surface area contributed by atoms with Gasteiger partial charge in [-0.2, -0.15) is 0 Å². The van der Waals surface area contributed by atoms with E-state index in [-0.39, 0.29) is 0 Å². The van der Waals surface area contributed by atoms with Gasteiger partial charge >= 0.3 is 0 Å². The summed E-state index contributed by atoms with van der Waals surface area (Å²) in [6.07, 6.45) is 5.11. The summed E-state index contributed by atoms with van der Waals surface area (Å²) in [6.45, 7) is 0. The molecule has 0 aromatic carbocycles. The average molecular weight is 216 g/mol. The lowest BCUT2D eigenvalue weighted by molar-refractivity contribution is 1.26. The van der Waals surface area contributed by atoms with Crippen LogP contribution in [0.15, 0.2) is 16.7 Å². The molecule has 0 amide bonds. The minimum absolute atomic E-state index is 0.358. The van der Waals surface area contributed by atoms with Crippen LogP contribution in [0.4, 0.5) is 0 Å². The van der Waals surface area contributed by atoms with Crippen molar-refractivity contribution >= 4 is 27.5 Å². The lowest BCUT2D eigenvalue weighted by atomic mass is 10.3. The maximum absolute atomic E-state index is 5.65. The second-order valence-corrected chi connectivity index (χ2v) is 2.79. The van der Waals surface area contributed by atoms with Crippen molar-refractivity contribution in [2.75, 3.05) is 0 Å². The molecule has 50 valence electrons. The lowest BCUT2D eigenvalue weighted by Crippen LogP contribution is -1.81. The largest absolute Gasteiger partial charge is 0.228 e. The summed E-state index contributed by atoms with van der Waals surface area (Å²) >= 11 is 8.81. The number of nitrogens with zero attached hydrogens (tertiary/aromatic N) is 1. The molecule has 1 heterocycles. The molecule has 0 N–H and O–H groups in total. The van der Waals surface area contributed by atoms with E-state index in [1.54, 1.807) is 12.1 Å². The van der Waals surface area contributed by atoms with Gasteiger partial charge in [0.05, 0.1) is 5.56 Å². The molecule has 1 rings (SSSR count). The van der Waals surface area contributed by atoms with Crippen LogP contribution in [-0.2, 0) is 0 Å². The fraction of sp³-hybridized carbons (Fsp3) is 0. The van der Waals surface area contributed by atoms with Crippen molar-refractivity contribution in [2.24, 2.45) is 0 Å². The van der Waals surface area contributed by atoms with Crippen LogP contribution < -0.4 is 0 Å². The maximum atomic E-state index is 5.65. The fourth-order valence-electron chi connectivity index (χ4n) is 0.520. The maximum Gasteiger partial charge on any atom is 0.145 e. The predicted octanol–water partition coefficient (Wildman–Crippen LogP) is 2.48. The average Bonchev–Trinajstić information content (AvgIpc) is 1.88. The molecule has 0 spiro atoms. The molecule has 0 unspecified atom stereocenters. The highest BCUT2D eigenvalue weighted by atomic mass is 79.9. The molecule has 1 nitrogen and oxygen atoms in total. The highest BCUT2D eigenvalue weighted by Gasteiger charge is 1.97. The third-order valence-electron chi connectivity index (χ3n) is 0.970. The van der Waals surface area contributed by atoms with Crippen molar-refractivity contribution in [1.82, 2.24) is 4.98 Å². The Balaban J connectivity index is 3.23. The molecule has 10 heavy (non-hydrogen) atoms. The summed E-state index contributed by atoms with van der Waals surface area (Å²) in [5.74, 6) is 2.41. The molecule has 0 radical (unpaired) electrons. The summed E-state index contributed by atoms with van der Waals surface area (Å²) in [7, 11) is 0. The van der Waals surface area contributed by atoms with Gasteiger partial charge in [0.15, 0.2) is 0 Å². The van der Waals surface area contributed by atoms with E-state index in [1.165, 1.54) is 0 Å². The van der Waals surface area contributed by atoms with Crippen LogP contribution in [0.25, 0.3) is 0 Å². The molecule has 0 aliphatic carbocycles. The Kier molecular flexibility index (Phi) is 2.31. The van der Waals surface area contributed by atoms with Gasteiger partial charge in [-0.15, -0.1) is 6.42 Å². The van der Waals surface area contributed by atoms with Gasteiger partial charge in [-0.25, -0.2) is 4.98 Å². The minimum atomic E-state index is 0.358. The predicted molar refractivity (Wildman–Crippen MR) is 44.9 cm³/mol. The van der Waals surface area contributed by atoms with E-state index in [2.05, 4.69) is 26.8 Å². The van der Waals surface area contributed by atoms with Crippen molar-refractivity contribution in [3.63, 3.8) is 0 Å². The van der Waals surface area contributed by atoms with Crippen LogP contribution in [-0.4, -0.2) is 4.98 Å². The van der Waals surface area contributed by atoms with Crippen molar-refractivity contribution in [1.29, 1.82) is 0 Å². The van der Waals surface area contributed by atoms with E-state index < -0.39 is 0 Å². The number of pyridine rings is 1. The molecule has 0 bridgehead atoms. The molecule has 1 aromatic rings. The molecule has 0 aliphatic heterocycles. The monoisotopic (exact) mass is 215 g/mol. The zero-order valence-electron chi connectivity index (χ0n) is 4.94. The van der Waals surface area contributed by atoms with Crippen LogP contribution in [0, 0.1) is 12.3 Å². The highest BCUT2D eigenvalue weighted by molar-refractivity contribution is 9.10. The number of aromatic nitrogens is 1. The molecule has 0 fully saturated rings. The first-order chi connectivity index (χ1) is 4.74. The van der Waals surface area contributed by atoms with E-state index >= 15 is 0 Å². The Hall–Kier alpha value is -0.520. The van der Waals surface area contributed by atoms with Crippen LogP contribution in [0.1, 0.15) is 5.56 Å². The third kappa shape index (κ3) is 1.50. The van der Waals surface area contributed by atoms with Gasteiger partial charge in [-0.05, 0) is 28.1 Å². The van der Waals surface area contributed by atoms with Gasteiger partial charge in [-0.1, -0.05) is 17.5 Å². The summed E-state index contributed by atoms with van der Waals surface area (Å²) < 4.78 is 0.691. The van der Waals surface area contributed by atoms with Crippen LogP contribution >= 0.6 is 27.5 Å². The first-order valence-electron chi connectivity index (χ1n) is 2.52. The first kappa shape index (κ1) is 7.59. The van der Waals surface area contributed by atoms with Crippen molar-refractivity contribution in [3.05, 3.63) is 27.5 Å². The first-order valence-corrected chi connectivity index (χ1v) is 3.70. The Morgan fingerprint density at radius 1 is 1.60 bits per heavy atom. The van der Waals surface area contributed by atoms with E-state index in [1.807, 2.05) is 0 Å². The molecule has 0 saturated heterocycles. The SMILES string of the molecule is C#Cc1ccc(Br)nc1Cl. The van der Waals surface area contributed by atoms with E-state index in [9.17, 15) is 0 Å². The lowest BCUT2D eigenvalue weighted by Gasteiger charge is -1.93. The summed E-state index contributed by atoms with van der Waals surface area (Å²) in [4.78, 5) is 3.88. The smallest absolute Gasteiger partial charge is 0.145 e. The van der Waals surface area contributed by atoms with Gasteiger partial charge in [-0.3, -0.25) is 0 Å². The highest BCUT2D eigenvalue weighted by Crippen LogP contribution is 2.15. The van der Waals surface area contributed by atoms with E-state index in [0.29, 0.717) is 15.3 Å². The zero-order valence-corrected chi connectivity index (χ0v) is 7.28. The van der Waals surface area contributed by atoms with Gasteiger partial charge < -0.3 is 0 Å². The number of halogens is 2. The summed E-state index contributed by atoms with van der Waals surface area (Å²) in [6, 6.07) is 3.49. The fourth-order valence-corrected chi connectivity index (χ4v) is 1.14. The Morgan fingerprint density at radius 2 is 2.30 bits per heavy atom. The number of terminal acetylenes is 1. The second kappa shape index (κ2) is 3.05. The van der Waals surface area contributed by atoms with Gasteiger partial charge in [0, 0.05) is 0 Å². The summed E-state index contributed by atoms with van der Waals surface area (Å²) in [5.41, 5.74) is 0.616. The second-order valence-electron chi connectivity index (χ2n) is 1.62. The topological polar surface area (TPSA) is 12.9 Å². The molecular weight excluding hydrogens is 213 g/mol. The number of hydrogen-bond donors (Lipinski definition) is 0. The molecule has 0 saturated carbocycles. The zero-order chi connectivity index (χ0) is 7.56. The Labute approximate surface area is 72.6 Å². The van der Waals surface area contributed by atoms with E-state index in [4.69, 9.17) is 18.0 Å². The molecule has 1 aromatic heterocycles. The Morgan fingerprint density at radius 3 is 2.80 bits per heavy atom. The van der Waals surface area contributed by atoms with E-state index in [0.717, 1.165) is 0 Å². The molecular formula is C7H3BrClN. The van der Waals surface area contributed by atoms with Gasteiger partial charge in [0.25, 0.3) is 0 Å². The van der Waals surface area contributed by atoms with Crippen LogP contribution in [0.3, 0.4) is 0 Å². The van der Waals surface area contributed by atoms with Gasteiger partial charge in [0.1, 0.15) is 9.76 Å². The van der Waals surface area contributed by atoms with Crippen molar-refractivity contribution in [2.45, 2.75) is 0 Å². The van der Waals surface area contributed by atoms with Crippen molar-refractivity contribution < 1.29 is 0 Å². The van der Waals surface area contributed by atoms with Gasteiger partial charge in [0.2, 0.25) is 0 Å². The minimum Gasteiger partial charge on any atom is -0.228 e. The number of hydrogen-bond acceptors (Lipinski definition) is 1. The number of rotatable bonds is 0.